The highest BCUT2D eigenvalue weighted by Gasteiger charge is 2.17. The van der Waals surface area contributed by atoms with Gasteiger partial charge in [0.05, 0.1) is 19.6 Å². The molecule has 150 valence electrons. The number of carbonyl (C=O) groups excluding carboxylic acids is 1. The van der Waals surface area contributed by atoms with E-state index in [0.29, 0.717) is 23.1 Å². The molecule has 2 heterocycles. The van der Waals surface area contributed by atoms with Gasteiger partial charge in [0, 0.05) is 55.2 Å². The average molecular weight is 422 g/mol. The number of ether oxygens (including phenoxy) is 1. The Morgan fingerprint density at radius 3 is 2.61 bits per heavy atom. The van der Waals surface area contributed by atoms with Crippen molar-refractivity contribution >= 4 is 29.1 Å². The first-order valence-corrected chi connectivity index (χ1v) is 10.3. The summed E-state index contributed by atoms with van der Waals surface area (Å²) < 4.78 is 5.40. The van der Waals surface area contributed by atoms with Gasteiger partial charge in [-0.25, -0.2) is 0 Å². The minimum absolute atomic E-state index is 0.0583. The maximum absolute atomic E-state index is 13.0. The van der Waals surface area contributed by atoms with Crippen molar-refractivity contribution in [3.8, 4) is 0 Å². The van der Waals surface area contributed by atoms with E-state index in [9.17, 15) is 4.79 Å². The first-order valence-electron chi connectivity index (χ1n) is 9.52. The molecule has 28 heavy (non-hydrogen) atoms. The highest BCUT2D eigenvalue weighted by Crippen LogP contribution is 2.22. The summed E-state index contributed by atoms with van der Waals surface area (Å²) in [4.78, 5) is 21.4. The van der Waals surface area contributed by atoms with Crippen molar-refractivity contribution < 1.29 is 9.53 Å². The standard InChI is InChI=1S/C21H25Cl2N3O2/c22-19-3-2-18(20(23)15-19)14-21(27)26(16-17-4-6-24-7-5-17)9-1-8-25-10-12-28-13-11-25/h2-7,15H,1,8-14,16H2. The number of pyridine rings is 1. The van der Waals surface area contributed by atoms with Crippen LogP contribution in [-0.4, -0.2) is 60.1 Å². The molecule has 3 rings (SSSR count). The molecule has 1 saturated heterocycles. The molecule has 1 amide bonds. The molecule has 1 fully saturated rings. The SMILES string of the molecule is O=C(Cc1ccc(Cl)cc1Cl)N(CCCN1CCOCC1)Cc1ccncc1. The maximum atomic E-state index is 13.0. The minimum atomic E-state index is 0.0583. The first-order chi connectivity index (χ1) is 13.6. The lowest BCUT2D eigenvalue weighted by Crippen LogP contribution is -2.39. The van der Waals surface area contributed by atoms with Gasteiger partial charge in [-0.3, -0.25) is 14.7 Å². The van der Waals surface area contributed by atoms with Gasteiger partial charge in [0.15, 0.2) is 0 Å². The van der Waals surface area contributed by atoms with E-state index >= 15 is 0 Å². The Morgan fingerprint density at radius 2 is 1.89 bits per heavy atom. The van der Waals surface area contributed by atoms with Crippen molar-refractivity contribution in [2.45, 2.75) is 19.4 Å². The zero-order chi connectivity index (χ0) is 19.8. The van der Waals surface area contributed by atoms with E-state index in [0.717, 1.165) is 50.4 Å². The number of nitrogens with zero attached hydrogens (tertiary/aromatic N) is 3. The first kappa shape index (κ1) is 21.1. The van der Waals surface area contributed by atoms with Gasteiger partial charge in [-0.2, -0.15) is 0 Å². The number of amides is 1. The molecule has 2 aromatic rings. The summed E-state index contributed by atoms with van der Waals surface area (Å²) >= 11 is 12.2. The van der Waals surface area contributed by atoms with Gasteiger partial charge in [-0.15, -0.1) is 0 Å². The summed E-state index contributed by atoms with van der Waals surface area (Å²) in [5.74, 6) is 0.0583. The number of halogens is 2. The molecule has 0 N–H and O–H groups in total. The predicted molar refractivity (Wildman–Crippen MR) is 112 cm³/mol. The topological polar surface area (TPSA) is 45.7 Å². The van der Waals surface area contributed by atoms with Crippen LogP contribution < -0.4 is 0 Å². The molecule has 0 spiro atoms. The summed E-state index contributed by atoms with van der Waals surface area (Å²) in [6, 6.07) is 9.15. The molecule has 1 aliphatic heterocycles. The van der Waals surface area contributed by atoms with Crippen LogP contribution in [0.2, 0.25) is 10.0 Å². The summed E-state index contributed by atoms with van der Waals surface area (Å²) in [6.07, 6.45) is 4.69. The molecule has 0 aliphatic carbocycles. The van der Waals surface area contributed by atoms with Crippen LogP contribution >= 0.6 is 23.2 Å². The van der Waals surface area contributed by atoms with E-state index in [-0.39, 0.29) is 12.3 Å². The lowest BCUT2D eigenvalue weighted by molar-refractivity contribution is -0.131. The van der Waals surface area contributed by atoms with Gasteiger partial charge >= 0.3 is 0 Å². The fourth-order valence-electron chi connectivity index (χ4n) is 3.25. The Hall–Kier alpha value is -1.66. The molecule has 1 aromatic carbocycles. The van der Waals surface area contributed by atoms with Crippen LogP contribution in [0.15, 0.2) is 42.7 Å². The average Bonchev–Trinajstić information content (AvgIpc) is 2.71. The van der Waals surface area contributed by atoms with E-state index in [1.165, 1.54) is 0 Å². The monoisotopic (exact) mass is 421 g/mol. The summed E-state index contributed by atoms with van der Waals surface area (Å²) in [5, 5.41) is 1.10. The molecular formula is C21H25Cl2N3O2. The minimum Gasteiger partial charge on any atom is -0.379 e. The molecule has 5 nitrogen and oxygen atoms in total. The van der Waals surface area contributed by atoms with Crippen LogP contribution in [0.5, 0.6) is 0 Å². The molecule has 0 radical (unpaired) electrons. The predicted octanol–water partition coefficient (Wildman–Crippen LogP) is 3.68. The number of benzene rings is 1. The summed E-state index contributed by atoms with van der Waals surface area (Å²) in [5.41, 5.74) is 1.86. The molecule has 0 atom stereocenters. The van der Waals surface area contributed by atoms with E-state index in [2.05, 4.69) is 9.88 Å². The zero-order valence-corrected chi connectivity index (χ0v) is 17.3. The third kappa shape index (κ3) is 6.45. The second-order valence-electron chi connectivity index (χ2n) is 6.89. The Bertz CT molecular complexity index is 768. The van der Waals surface area contributed by atoms with Crippen LogP contribution in [0.25, 0.3) is 0 Å². The highest BCUT2D eigenvalue weighted by molar-refractivity contribution is 6.35. The van der Waals surface area contributed by atoms with Crippen molar-refractivity contribution in [1.82, 2.24) is 14.8 Å². The third-order valence-electron chi connectivity index (χ3n) is 4.84. The molecule has 7 heteroatoms. The molecule has 1 aromatic heterocycles. The quantitative estimate of drug-likeness (QED) is 0.651. The highest BCUT2D eigenvalue weighted by atomic mass is 35.5. The van der Waals surface area contributed by atoms with Gasteiger partial charge in [0.1, 0.15) is 0 Å². The van der Waals surface area contributed by atoms with Crippen molar-refractivity contribution in [2.75, 3.05) is 39.4 Å². The fourth-order valence-corrected chi connectivity index (χ4v) is 3.73. The van der Waals surface area contributed by atoms with Gasteiger partial charge in [0.25, 0.3) is 0 Å². The van der Waals surface area contributed by atoms with Crippen LogP contribution in [0, 0.1) is 0 Å². The Balaban J connectivity index is 1.62. The van der Waals surface area contributed by atoms with E-state index in [4.69, 9.17) is 27.9 Å². The lowest BCUT2D eigenvalue weighted by Gasteiger charge is -2.28. The molecule has 1 aliphatic rings. The third-order valence-corrected chi connectivity index (χ3v) is 5.43. The van der Waals surface area contributed by atoms with Gasteiger partial charge in [-0.05, 0) is 41.8 Å². The zero-order valence-electron chi connectivity index (χ0n) is 15.8. The maximum Gasteiger partial charge on any atom is 0.227 e. The largest absolute Gasteiger partial charge is 0.379 e. The Kier molecular flexibility index (Phi) is 8.10. The van der Waals surface area contributed by atoms with Crippen LogP contribution in [0.1, 0.15) is 17.5 Å². The number of morpholine rings is 1. The molecular weight excluding hydrogens is 397 g/mol. The van der Waals surface area contributed by atoms with Gasteiger partial charge in [-0.1, -0.05) is 29.3 Å². The van der Waals surface area contributed by atoms with Crippen molar-refractivity contribution in [1.29, 1.82) is 0 Å². The normalized spacial score (nSPS) is 14.8. The summed E-state index contributed by atoms with van der Waals surface area (Å²) in [6.45, 7) is 5.71. The van der Waals surface area contributed by atoms with Crippen molar-refractivity contribution in [2.24, 2.45) is 0 Å². The number of carbonyl (C=O) groups is 1. The lowest BCUT2D eigenvalue weighted by atomic mass is 10.1. The second kappa shape index (κ2) is 10.8. The fraction of sp³-hybridized carbons (Fsp3) is 0.429. The smallest absolute Gasteiger partial charge is 0.227 e. The van der Waals surface area contributed by atoms with Crippen LogP contribution in [-0.2, 0) is 22.5 Å². The number of aromatic nitrogens is 1. The van der Waals surface area contributed by atoms with E-state index in [1.807, 2.05) is 23.1 Å². The Morgan fingerprint density at radius 1 is 1.14 bits per heavy atom. The molecule has 0 saturated carbocycles. The molecule has 0 bridgehead atoms. The second-order valence-corrected chi connectivity index (χ2v) is 7.73. The molecule has 0 unspecified atom stereocenters. The van der Waals surface area contributed by atoms with Gasteiger partial charge in [0.2, 0.25) is 5.91 Å². The van der Waals surface area contributed by atoms with Crippen molar-refractivity contribution in [3.05, 3.63) is 63.9 Å². The summed E-state index contributed by atoms with van der Waals surface area (Å²) in [7, 11) is 0. The van der Waals surface area contributed by atoms with E-state index in [1.54, 1.807) is 24.5 Å². The van der Waals surface area contributed by atoms with Crippen molar-refractivity contribution in [3.63, 3.8) is 0 Å². The number of hydrogen-bond acceptors (Lipinski definition) is 4. The van der Waals surface area contributed by atoms with Crippen LogP contribution in [0.3, 0.4) is 0 Å². The van der Waals surface area contributed by atoms with Gasteiger partial charge < -0.3 is 9.64 Å². The number of hydrogen-bond donors (Lipinski definition) is 0. The number of rotatable bonds is 8. The Labute approximate surface area is 176 Å². The van der Waals surface area contributed by atoms with E-state index < -0.39 is 0 Å². The van der Waals surface area contributed by atoms with Crippen LogP contribution in [0.4, 0.5) is 0 Å².